The van der Waals surface area contributed by atoms with Gasteiger partial charge in [-0.2, -0.15) is 0 Å². The number of para-hydroxylation sites is 2. The van der Waals surface area contributed by atoms with Crippen molar-refractivity contribution in [2.24, 2.45) is 0 Å². The van der Waals surface area contributed by atoms with Crippen LogP contribution in [0, 0.1) is 10.1 Å². The number of rotatable bonds is 5. The van der Waals surface area contributed by atoms with Crippen molar-refractivity contribution in [1.82, 2.24) is 4.90 Å². The maximum Gasteiger partial charge on any atom is 0.292 e. The Balaban J connectivity index is 2.02. The summed E-state index contributed by atoms with van der Waals surface area (Å²) in [6.07, 6.45) is 2.38. The summed E-state index contributed by atoms with van der Waals surface area (Å²) in [5, 5.41) is 23.3. The second-order valence-corrected chi connectivity index (χ2v) is 5.60. The lowest BCUT2D eigenvalue weighted by atomic mass is 9.98. The number of piperidine rings is 1. The number of benzene rings is 1. The SMILES string of the molecule is CC(O)C1CCCCN1CC(=O)Nc1ccccc1[N+](=O)[O-]. The minimum Gasteiger partial charge on any atom is -0.392 e. The fraction of sp³-hybridized carbons (Fsp3) is 0.533. The third-order valence-corrected chi connectivity index (χ3v) is 3.94. The summed E-state index contributed by atoms with van der Waals surface area (Å²) in [6, 6.07) is 6.03. The first-order chi connectivity index (χ1) is 10.5. The highest BCUT2D eigenvalue weighted by Crippen LogP contribution is 2.24. The Labute approximate surface area is 129 Å². The van der Waals surface area contributed by atoms with E-state index in [0.29, 0.717) is 0 Å². The number of anilines is 1. The topological polar surface area (TPSA) is 95.7 Å². The second-order valence-electron chi connectivity index (χ2n) is 5.60. The molecular formula is C15H21N3O4. The maximum absolute atomic E-state index is 12.2. The highest BCUT2D eigenvalue weighted by Gasteiger charge is 2.28. The Morgan fingerprint density at radius 2 is 2.23 bits per heavy atom. The van der Waals surface area contributed by atoms with Crippen LogP contribution < -0.4 is 5.32 Å². The van der Waals surface area contributed by atoms with Gasteiger partial charge in [0.25, 0.3) is 5.69 Å². The van der Waals surface area contributed by atoms with Gasteiger partial charge in [0.05, 0.1) is 17.6 Å². The Hall–Kier alpha value is -1.99. The van der Waals surface area contributed by atoms with E-state index in [0.717, 1.165) is 25.8 Å². The number of carbonyl (C=O) groups excluding carboxylic acids is 1. The van der Waals surface area contributed by atoms with Crippen LogP contribution in [-0.2, 0) is 4.79 Å². The molecule has 0 aliphatic carbocycles. The molecule has 120 valence electrons. The molecule has 0 bridgehead atoms. The average Bonchev–Trinajstić information content (AvgIpc) is 2.47. The van der Waals surface area contributed by atoms with Crippen LogP contribution in [0.4, 0.5) is 11.4 Å². The Morgan fingerprint density at radius 3 is 2.91 bits per heavy atom. The van der Waals surface area contributed by atoms with Crippen LogP contribution in [0.15, 0.2) is 24.3 Å². The van der Waals surface area contributed by atoms with Gasteiger partial charge >= 0.3 is 0 Å². The van der Waals surface area contributed by atoms with Gasteiger partial charge in [-0.1, -0.05) is 18.6 Å². The number of carbonyl (C=O) groups is 1. The van der Waals surface area contributed by atoms with E-state index >= 15 is 0 Å². The number of hydrogen-bond acceptors (Lipinski definition) is 5. The minimum atomic E-state index is -0.519. The van der Waals surface area contributed by atoms with Crippen molar-refractivity contribution < 1.29 is 14.8 Å². The van der Waals surface area contributed by atoms with Gasteiger partial charge in [-0.05, 0) is 32.4 Å². The van der Waals surface area contributed by atoms with E-state index in [9.17, 15) is 20.0 Å². The lowest BCUT2D eigenvalue weighted by Crippen LogP contribution is -2.48. The van der Waals surface area contributed by atoms with Crippen LogP contribution in [-0.4, -0.2) is 46.1 Å². The van der Waals surface area contributed by atoms with Gasteiger partial charge in [-0.3, -0.25) is 19.8 Å². The van der Waals surface area contributed by atoms with Crippen molar-refractivity contribution in [2.75, 3.05) is 18.4 Å². The van der Waals surface area contributed by atoms with Gasteiger partial charge < -0.3 is 10.4 Å². The van der Waals surface area contributed by atoms with Gasteiger partial charge in [0.1, 0.15) is 5.69 Å². The molecule has 1 aromatic rings. The monoisotopic (exact) mass is 307 g/mol. The molecule has 2 N–H and O–H groups in total. The summed E-state index contributed by atoms with van der Waals surface area (Å²) < 4.78 is 0. The molecule has 2 rings (SSSR count). The first kappa shape index (κ1) is 16.4. The van der Waals surface area contributed by atoms with Gasteiger partial charge in [0, 0.05) is 12.1 Å². The number of aliphatic hydroxyl groups is 1. The van der Waals surface area contributed by atoms with Gasteiger partial charge in [0.2, 0.25) is 5.91 Å². The molecule has 0 radical (unpaired) electrons. The number of hydrogen-bond donors (Lipinski definition) is 2. The van der Waals surface area contributed by atoms with Crippen LogP contribution in [0.1, 0.15) is 26.2 Å². The van der Waals surface area contributed by atoms with E-state index in [1.165, 1.54) is 12.1 Å². The molecule has 1 aromatic carbocycles. The zero-order valence-electron chi connectivity index (χ0n) is 12.6. The summed E-state index contributed by atoms with van der Waals surface area (Å²) in [4.78, 5) is 24.5. The molecule has 1 aliphatic heterocycles. The molecule has 0 spiro atoms. The largest absolute Gasteiger partial charge is 0.392 e. The zero-order chi connectivity index (χ0) is 16.1. The van der Waals surface area contributed by atoms with Crippen molar-refractivity contribution in [3.05, 3.63) is 34.4 Å². The molecule has 0 saturated carbocycles. The van der Waals surface area contributed by atoms with E-state index in [-0.39, 0.29) is 29.9 Å². The molecule has 22 heavy (non-hydrogen) atoms. The summed E-state index contributed by atoms with van der Waals surface area (Å²) in [7, 11) is 0. The molecule has 2 atom stereocenters. The van der Waals surface area contributed by atoms with Crippen molar-refractivity contribution >= 4 is 17.3 Å². The molecule has 1 fully saturated rings. The molecule has 7 heteroatoms. The number of nitrogens with one attached hydrogen (secondary N) is 1. The van der Waals surface area contributed by atoms with Crippen molar-refractivity contribution in [1.29, 1.82) is 0 Å². The van der Waals surface area contributed by atoms with Crippen molar-refractivity contribution in [3.63, 3.8) is 0 Å². The smallest absolute Gasteiger partial charge is 0.292 e. The third kappa shape index (κ3) is 4.02. The lowest BCUT2D eigenvalue weighted by molar-refractivity contribution is -0.383. The molecule has 1 heterocycles. The van der Waals surface area contributed by atoms with Crippen LogP contribution in [0.5, 0.6) is 0 Å². The molecule has 7 nitrogen and oxygen atoms in total. The highest BCUT2D eigenvalue weighted by atomic mass is 16.6. The zero-order valence-corrected chi connectivity index (χ0v) is 12.6. The van der Waals surface area contributed by atoms with Crippen LogP contribution in [0.2, 0.25) is 0 Å². The summed E-state index contributed by atoms with van der Waals surface area (Å²) in [5.41, 5.74) is 0.0738. The van der Waals surface area contributed by atoms with Crippen molar-refractivity contribution in [3.8, 4) is 0 Å². The Kier molecular flexibility index (Phi) is 5.46. The van der Waals surface area contributed by atoms with Gasteiger partial charge in [-0.25, -0.2) is 0 Å². The van der Waals surface area contributed by atoms with E-state index in [1.807, 2.05) is 4.90 Å². The molecule has 1 amide bonds. The number of nitro groups is 1. The van der Waals surface area contributed by atoms with Crippen LogP contribution in [0.3, 0.4) is 0 Å². The fourth-order valence-electron chi connectivity index (χ4n) is 2.87. The van der Waals surface area contributed by atoms with Gasteiger partial charge in [-0.15, -0.1) is 0 Å². The summed E-state index contributed by atoms with van der Waals surface area (Å²) >= 11 is 0. The number of nitrogens with zero attached hydrogens (tertiary/aromatic N) is 2. The molecule has 0 aromatic heterocycles. The number of aliphatic hydroxyl groups excluding tert-OH is 1. The highest BCUT2D eigenvalue weighted by molar-refractivity contribution is 5.94. The maximum atomic E-state index is 12.2. The first-order valence-electron chi connectivity index (χ1n) is 7.44. The van der Waals surface area contributed by atoms with E-state index in [1.54, 1.807) is 19.1 Å². The quantitative estimate of drug-likeness (QED) is 0.638. The Bertz CT molecular complexity index is 547. The van der Waals surface area contributed by atoms with Crippen LogP contribution in [0.25, 0.3) is 0 Å². The molecule has 2 unspecified atom stereocenters. The lowest BCUT2D eigenvalue weighted by Gasteiger charge is -2.36. The summed E-state index contributed by atoms with van der Waals surface area (Å²) in [6.45, 7) is 2.60. The number of likely N-dealkylation sites (tertiary alicyclic amines) is 1. The average molecular weight is 307 g/mol. The van der Waals surface area contributed by atoms with Gasteiger partial charge in [0.15, 0.2) is 0 Å². The first-order valence-corrected chi connectivity index (χ1v) is 7.44. The molecule has 1 saturated heterocycles. The minimum absolute atomic E-state index is 0.0368. The predicted octanol–water partition coefficient (Wildman–Crippen LogP) is 1.77. The standard InChI is InChI=1S/C15H21N3O4/c1-11(19)13-7-4-5-9-17(13)10-15(20)16-12-6-2-3-8-14(12)18(21)22/h2-3,6,8,11,13,19H,4-5,7,9-10H2,1H3,(H,16,20). The van der Waals surface area contributed by atoms with E-state index in [2.05, 4.69) is 5.32 Å². The molecule has 1 aliphatic rings. The van der Waals surface area contributed by atoms with E-state index < -0.39 is 11.0 Å². The van der Waals surface area contributed by atoms with Crippen molar-refractivity contribution in [2.45, 2.75) is 38.3 Å². The normalized spacial score (nSPS) is 20.4. The third-order valence-electron chi connectivity index (χ3n) is 3.94. The second kappa shape index (κ2) is 7.33. The number of amides is 1. The number of nitro benzene ring substituents is 1. The fourth-order valence-corrected chi connectivity index (χ4v) is 2.87. The predicted molar refractivity (Wildman–Crippen MR) is 82.6 cm³/mol. The van der Waals surface area contributed by atoms with Crippen LogP contribution >= 0.6 is 0 Å². The summed E-state index contributed by atoms with van der Waals surface area (Å²) in [5.74, 6) is -0.304. The molecular weight excluding hydrogens is 286 g/mol. The Morgan fingerprint density at radius 1 is 1.50 bits per heavy atom. The van der Waals surface area contributed by atoms with E-state index in [4.69, 9.17) is 0 Å².